The lowest BCUT2D eigenvalue weighted by molar-refractivity contribution is 0.414. The van der Waals surface area contributed by atoms with Crippen molar-refractivity contribution in [2.45, 2.75) is 19.4 Å². The molecular formula is C18H24N2O. The zero-order chi connectivity index (χ0) is 15.5. The first kappa shape index (κ1) is 15.2. The summed E-state index contributed by atoms with van der Waals surface area (Å²) < 4.78 is 5.22. The van der Waals surface area contributed by atoms with Crippen molar-refractivity contribution >= 4 is 11.4 Å². The van der Waals surface area contributed by atoms with E-state index >= 15 is 0 Å². The highest BCUT2D eigenvalue weighted by Gasteiger charge is 2.21. The van der Waals surface area contributed by atoms with E-state index in [0.29, 0.717) is 0 Å². The van der Waals surface area contributed by atoms with E-state index in [-0.39, 0.29) is 5.54 Å². The summed E-state index contributed by atoms with van der Waals surface area (Å²) in [6.45, 7) is 4.36. The number of para-hydroxylation sites is 2. The SMILES string of the molecule is COc1ccc(C(C)(C)Nc2ccccc2N(C)C)cc1. The fraction of sp³-hybridized carbons (Fsp3) is 0.333. The van der Waals surface area contributed by atoms with Crippen LogP contribution in [0.1, 0.15) is 19.4 Å². The second kappa shape index (κ2) is 6.08. The molecule has 0 saturated carbocycles. The van der Waals surface area contributed by atoms with Gasteiger partial charge in [0.05, 0.1) is 24.0 Å². The van der Waals surface area contributed by atoms with E-state index in [2.05, 4.69) is 74.6 Å². The third kappa shape index (κ3) is 3.48. The van der Waals surface area contributed by atoms with Crippen LogP contribution in [0.2, 0.25) is 0 Å². The zero-order valence-electron chi connectivity index (χ0n) is 13.5. The summed E-state index contributed by atoms with van der Waals surface area (Å²) in [6.07, 6.45) is 0. The molecule has 2 aromatic rings. The minimum Gasteiger partial charge on any atom is -0.497 e. The molecular weight excluding hydrogens is 260 g/mol. The Bertz CT molecular complexity index is 588. The van der Waals surface area contributed by atoms with Gasteiger partial charge in [0.25, 0.3) is 0 Å². The van der Waals surface area contributed by atoms with Crippen LogP contribution >= 0.6 is 0 Å². The van der Waals surface area contributed by atoms with Gasteiger partial charge in [-0.2, -0.15) is 0 Å². The Balaban J connectivity index is 2.28. The van der Waals surface area contributed by atoms with E-state index < -0.39 is 0 Å². The van der Waals surface area contributed by atoms with E-state index in [1.54, 1.807) is 7.11 Å². The van der Waals surface area contributed by atoms with Crippen LogP contribution in [0.4, 0.5) is 11.4 Å². The van der Waals surface area contributed by atoms with Crippen LogP contribution < -0.4 is 15.0 Å². The van der Waals surface area contributed by atoms with Gasteiger partial charge in [-0.05, 0) is 43.7 Å². The number of nitrogens with one attached hydrogen (secondary N) is 1. The van der Waals surface area contributed by atoms with Crippen molar-refractivity contribution in [2.24, 2.45) is 0 Å². The number of anilines is 2. The number of benzene rings is 2. The first-order chi connectivity index (χ1) is 9.94. The average molecular weight is 284 g/mol. The molecule has 3 nitrogen and oxygen atoms in total. The highest BCUT2D eigenvalue weighted by molar-refractivity contribution is 5.70. The van der Waals surface area contributed by atoms with E-state index in [0.717, 1.165) is 11.4 Å². The Kier molecular flexibility index (Phi) is 4.41. The number of methoxy groups -OCH3 is 1. The van der Waals surface area contributed by atoms with Gasteiger partial charge in [0.15, 0.2) is 0 Å². The fourth-order valence-electron chi connectivity index (χ4n) is 2.39. The summed E-state index contributed by atoms with van der Waals surface area (Å²) in [7, 11) is 5.80. The van der Waals surface area contributed by atoms with Gasteiger partial charge in [0.1, 0.15) is 5.75 Å². The second-order valence-corrected chi connectivity index (χ2v) is 5.89. The van der Waals surface area contributed by atoms with Gasteiger partial charge in [-0.3, -0.25) is 0 Å². The molecule has 0 radical (unpaired) electrons. The maximum Gasteiger partial charge on any atom is 0.118 e. The molecule has 2 aromatic carbocycles. The molecule has 0 amide bonds. The van der Waals surface area contributed by atoms with Gasteiger partial charge >= 0.3 is 0 Å². The fourth-order valence-corrected chi connectivity index (χ4v) is 2.39. The third-order valence-corrected chi connectivity index (χ3v) is 3.64. The lowest BCUT2D eigenvalue weighted by Crippen LogP contribution is -2.28. The Labute approximate surface area is 127 Å². The molecule has 1 N–H and O–H groups in total. The van der Waals surface area contributed by atoms with Crippen LogP contribution in [0.25, 0.3) is 0 Å². The Morgan fingerprint density at radius 3 is 2.14 bits per heavy atom. The summed E-state index contributed by atoms with van der Waals surface area (Å²) in [6, 6.07) is 16.5. The van der Waals surface area contributed by atoms with Crippen molar-refractivity contribution in [3.05, 3.63) is 54.1 Å². The minimum absolute atomic E-state index is 0.168. The summed E-state index contributed by atoms with van der Waals surface area (Å²) in [4.78, 5) is 2.12. The zero-order valence-corrected chi connectivity index (χ0v) is 13.5. The Morgan fingerprint density at radius 1 is 0.952 bits per heavy atom. The average Bonchev–Trinajstić information content (AvgIpc) is 2.47. The molecule has 0 bridgehead atoms. The van der Waals surface area contributed by atoms with Crippen LogP contribution in [-0.4, -0.2) is 21.2 Å². The standard InChI is InChI=1S/C18H24N2O/c1-18(2,14-10-12-15(21-5)13-11-14)19-16-8-6-7-9-17(16)20(3)4/h6-13,19H,1-5H3. The highest BCUT2D eigenvalue weighted by Crippen LogP contribution is 2.31. The molecule has 0 fully saturated rings. The lowest BCUT2D eigenvalue weighted by atomic mass is 9.93. The number of rotatable bonds is 5. The van der Waals surface area contributed by atoms with E-state index in [9.17, 15) is 0 Å². The Hall–Kier alpha value is -2.16. The van der Waals surface area contributed by atoms with Crippen LogP contribution in [0.15, 0.2) is 48.5 Å². The molecule has 0 aliphatic heterocycles. The van der Waals surface area contributed by atoms with Gasteiger partial charge in [-0.1, -0.05) is 24.3 Å². The molecule has 3 heteroatoms. The molecule has 2 rings (SSSR count). The Morgan fingerprint density at radius 2 is 1.57 bits per heavy atom. The normalized spacial score (nSPS) is 11.1. The molecule has 0 spiro atoms. The molecule has 0 atom stereocenters. The maximum absolute atomic E-state index is 5.22. The molecule has 0 unspecified atom stereocenters. The summed E-state index contributed by atoms with van der Waals surface area (Å²) in [5.74, 6) is 0.878. The van der Waals surface area contributed by atoms with Crippen molar-refractivity contribution in [3.63, 3.8) is 0 Å². The van der Waals surface area contributed by atoms with Crippen molar-refractivity contribution in [1.82, 2.24) is 0 Å². The molecule has 112 valence electrons. The predicted octanol–water partition coefficient (Wildman–Crippen LogP) is 4.11. The number of hydrogen-bond donors (Lipinski definition) is 1. The van der Waals surface area contributed by atoms with Crippen LogP contribution in [-0.2, 0) is 5.54 Å². The molecule has 21 heavy (non-hydrogen) atoms. The van der Waals surface area contributed by atoms with Gasteiger partial charge < -0.3 is 15.0 Å². The second-order valence-electron chi connectivity index (χ2n) is 5.89. The number of hydrogen-bond acceptors (Lipinski definition) is 3. The number of ether oxygens (including phenoxy) is 1. The summed E-state index contributed by atoms with van der Waals surface area (Å²) in [5.41, 5.74) is 3.36. The smallest absolute Gasteiger partial charge is 0.118 e. The maximum atomic E-state index is 5.22. The summed E-state index contributed by atoms with van der Waals surface area (Å²) >= 11 is 0. The number of nitrogens with zero attached hydrogens (tertiary/aromatic N) is 1. The van der Waals surface area contributed by atoms with Gasteiger partial charge in [-0.25, -0.2) is 0 Å². The predicted molar refractivity (Wildman–Crippen MR) is 90.4 cm³/mol. The van der Waals surface area contributed by atoms with E-state index in [1.165, 1.54) is 11.3 Å². The molecule has 0 aliphatic rings. The topological polar surface area (TPSA) is 24.5 Å². The van der Waals surface area contributed by atoms with Gasteiger partial charge in [0, 0.05) is 14.1 Å². The molecule has 0 saturated heterocycles. The van der Waals surface area contributed by atoms with Crippen LogP contribution in [0, 0.1) is 0 Å². The van der Waals surface area contributed by atoms with Gasteiger partial charge in [-0.15, -0.1) is 0 Å². The van der Waals surface area contributed by atoms with Crippen molar-refractivity contribution < 1.29 is 4.74 Å². The van der Waals surface area contributed by atoms with Crippen LogP contribution in [0.5, 0.6) is 5.75 Å². The molecule has 0 heterocycles. The molecule has 0 aromatic heterocycles. The largest absolute Gasteiger partial charge is 0.497 e. The van der Waals surface area contributed by atoms with E-state index in [4.69, 9.17) is 4.74 Å². The molecule has 0 aliphatic carbocycles. The third-order valence-electron chi connectivity index (χ3n) is 3.64. The minimum atomic E-state index is -0.168. The first-order valence-corrected chi connectivity index (χ1v) is 7.13. The summed E-state index contributed by atoms with van der Waals surface area (Å²) in [5, 5.41) is 3.64. The quantitative estimate of drug-likeness (QED) is 0.894. The van der Waals surface area contributed by atoms with Gasteiger partial charge in [0.2, 0.25) is 0 Å². The first-order valence-electron chi connectivity index (χ1n) is 7.13. The van der Waals surface area contributed by atoms with E-state index in [1.807, 2.05) is 12.1 Å². The van der Waals surface area contributed by atoms with Crippen LogP contribution in [0.3, 0.4) is 0 Å². The van der Waals surface area contributed by atoms with Crippen molar-refractivity contribution in [1.29, 1.82) is 0 Å². The van der Waals surface area contributed by atoms with Crippen molar-refractivity contribution in [2.75, 3.05) is 31.4 Å². The lowest BCUT2D eigenvalue weighted by Gasteiger charge is -2.30. The monoisotopic (exact) mass is 284 g/mol. The highest BCUT2D eigenvalue weighted by atomic mass is 16.5. The van der Waals surface area contributed by atoms with Crippen molar-refractivity contribution in [3.8, 4) is 5.75 Å².